The first-order chi connectivity index (χ1) is 13.0. The first-order valence-electron chi connectivity index (χ1n) is 7.72. The highest BCUT2D eigenvalue weighted by Gasteiger charge is 2.19. The Morgan fingerprint density at radius 2 is 1.04 bits per heavy atom. The highest BCUT2D eigenvalue weighted by molar-refractivity contribution is 8.03. The highest BCUT2D eigenvalue weighted by Crippen LogP contribution is 2.46. The molecule has 0 aliphatic rings. The van der Waals surface area contributed by atoms with Crippen molar-refractivity contribution in [2.24, 2.45) is 0 Å². The number of anilines is 2. The van der Waals surface area contributed by atoms with Crippen LogP contribution in [0.25, 0.3) is 22.5 Å². The average molecular weight is 419 g/mol. The van der Waals surface area contributed by atoms with Crippen molar-refractivity contribution in [1.82, 2.24) is 9.97 Å². The molecular formula is C18H12F2N4S3. The summed E-state index contributed by atoms with van der Waals surface area (Å²) in [6, 6.07) is 12.2. The Hall–Kier alpha value is -2.49. The van der Waals surface area contributed by atoms with Crippen LogP contribution in [0.5, 0.6) is 0 Å². The van der Waals surface area contributed by atoms with Gasteiger partial charge in [-0.25, -0.2) is 18.7 Å². The van der Waals surface area contributed by atoms with Crippen molar-refractivity contribution in [3.63, 3.8) is 0 Å². The van der Waals surface area contributed by atoms with E-state index >= 15 is 0 Å². The first-order valence-corrected chi connectivity index (χ1v) is 10.2. The fourth-order valence-electron chi connectivity index (χ4n) is 2.45. The average Bonchev–Trinajstić information content (AvgIpc) is 3.19. The predicted octanol–water partition coefficient (Wildman–Crippen LogP) is 5.53. The van der Waals surface area contributed by atoms with Crippen LogP contribution < -0.4 is 11.5 Å². The van der Waals surface area contributed by atoms with Crippen molar-refractivity contribution in [2.45, 2.75) is 8.42 Å². The zero-order valence-corrected chi connectivity index (χ0v) is 16.1. The third kappa shape index (κ3) is 3.80. The summed E-state index contributed by atoms with van der Waals surface area (Å²) in [7, 11) is 0. The van der Waals surface area contributed by atoms with E-state index in [0.29, 0.717) is 21.7 Å². The lowest BCUT2D eigenvalue weighted by Crippen LogP contribution is -1.85. The van der Waals surface area contributed by atoms with E-state index in [1.54, 1.807) is 24.3 Å². The number of aromatic nitrogens is 2. The third-order valence-corrected chi connectivity index (χ3v) is 6.76. The van der Waals surface area contributed by atoms with E-state index in [1.165, 1.54) is 58.7 Å². The summed E-state index contributed by atoms with van der Waals surface area (Å²) < 4.78 is 28.2. The third-order valence-electron chi connectivity index (χ3n) is 3.65. The molecule has 2 aromatic carbocycles. The minimum absolute atomic E-state index is 0.315. The number of hydrogen-bond donors (Lipinski definition) is 2. The fraction of sp³-hybridized carbons (Fsp3) is 0. The Morgan fingerprint density at radius 3 is 1.41 bits per heavy atom. The first kappa shape index (κ1) is 17.9. The second-order valence-corrected chi connectivity index (χ2v) is 9.09. The molecule has 0 spiro atoms. The molecule has 0 saturated heterocycles. The minimum Gasteiger partial charge on any atom is -0.375 e. The molecule has 0 radical (unpaired) electrons. The molecule has 0 atom stereocenters. The SMILES string of the molecule is Nc1nc(-c2ccc(F)cc2)c(Sc2sc(N)nc2-c2ccc(F)cc2)s1. The second-order valence-electron chi connectivity index (χ2n) is 5.49. The molecule has 0 unspecified atom stereocenters. The normalized spacial score (nSPS) is 11.0. The maximum atomic E-state index is 13.2. The number of benzene rings is 2. The van der Waals surface area contributed by atoms with E-state index in [4.69, 9.17) is 11.5 Å². The van der Waals surface area contributed by atoms with Crippen LogP contribution >= 0.6 is 34.4 Å². The van der Waals surface area contributed by atoms with Crippen molar-refractivity contribution in [3.05, 3.63) is 60.2 Å². The van der Waals surface area contributed by atoms with Crippen LogP contribution in [0.4, 0.5) is 19.0 Å². The number of nitrogen functional groups attached to an aromatic ring is 2. The van der Waals surface area contributed by atoms with Crippen LogP contribution in [-0.4, -0.2) is 9.97 Å². The Morgan fingerprint density at radius 1 is 0.667 bits per heavy atom. The van der Waals surface area contributed by atoms with Gasteiger partial charge in [0, 0.05) is 11.1 Å². The van der Waals surface area contributed by atoms with E-state index in [0.717, 1.165) is 19.5 Å². The summed E-state index contributed by atoms with van der Waals surface area (Å²) in [6.45, 7) is 0. The van der Waals surface area contributed by atoms with Crippen molar-refractivity contribution >= 4 is 44.7 Å². The van der Waals surface area contributed by atoms with E-state index in [2.05, 4.69) is 9.97 Å². The molecule has 0 aliphatic carbocycles. The molecule has 0 bridgehead atoms. The van der Waals surface area contributed by atoms with Gasteiger partial charge in [0.05, 0.1) is 19.8 Å². The van der Waals surface area contributed by atoms with Gasteiger partial charge in [0.25, 0.3) is 0 Å². The molecule has 0 saturated carbocycles. The summed E-state index contributed by atoms with van der Waals surface area (Å²) >= 11 is 4.12. The summed E-state index contributed by atoms with van der Waals surface area (Å²) in [4.78, 5) is 8.77. The number of thiazole rings is 2. The van der Waals surface area contributed by atoms with Crippen molar-refractivity contribution in [1.29, 1.82) is 0 Å². The van der Waals surface area contributed by atoms with Gasteiger partial charge in [-0.15, -0.1) is 0 Å². The van der Waals surface area contributed by atoms with Gasteiger partial charge in [-0.3, -0.25) is 0 Å². The molecule has 2 aromatic heterocycles. The van der Waals surface area contributed by atoms with Crippen LogP contribution in [0.2, 0.25) is 0 Å². The predicted molar refractivity (Wildman–Crippen MR) is 108 cm³/mol. The number of halogens is 2. The van der Waals surface area contributed by atoms with Gasteiger partial charge >= 0.3 is 0 Å². The van der Waals surface area contributed by atoms with Gasteiger partial charge in [0.15, 0.2) is 10.3 Å². The quantitative estimate of drug-likeness (QED) is 0.456. The van der Waals surface area contributed by atoms with Crippen LogP contribution in [0, 0.1) is 11.6 Å². The second kappa shape index (κ2) is 7.26. The Bertz CT molecular complexity index is 1000. The molecular weight excluding hydrogens is 406 g/mol. The zero-order valence-electron chi connectivity index (χ0n) is 13.6. The summed E-state index contributed by atoms with van der Waals surface area (Å²) in [5.41, 5.74) is 14.7. The van der Waals surface area contributed by atoms with Gasteiger partial charge in [-0.05, 0) is 48.5 Å². The Balaban J connectivity index is 1.73. The van der Waals surface area contributed by atoms with Gasteiger partial charge in [-0.2, -0.15) is 0 Å². The smallest absolute Gasteiger partial charge is 0.181 e. The molecule has 4 rings (SSSR count). The zero-order chi connectivity index (χ0) is 19.0. The summed E-state index contributed by atoms with van der Waals surface area (Å²) in [6.07, 6.45) is 0. The molecule has 0 aliphatic heterocycles. The van der Waals surface area contributed by atoms with Gasteiger partial charge in [0.1, 0.15) is 11.6 Å². The van der Waals surface area contributed by atoms with Crippen LogP contribution in [-0.2, 0) is 0 Å². The van der Waals surface area contributed by atoms with Crippen molar-refractivity contribution < 1.29 is 8.78 Å². The molecule has 136 valence electrons. The van der Waals surface area contributed by atoms with Crippen molar-refractivity contribution in [2.75, 3.05) is 11.5 Å². The van der Waals surface area contributed by atoms with Gasteiger partial charge < -0.3 is 11.5 Å². The van der Waals surface area contributed by atoms with Crippen molar-refractivity contribution in [3.8, 4) is 22.5 Å². The van der Waals surface area contributed by atoms with E-state index in [9.17, 15) is 8.78 Å². The molecule has 4 aromatic rings. The van der Waals surface area contributed by atoms with E-state index < -0.39 is 0 Å². The largest absolute Gasteiger partial charge is 0.375 e. The fourth-order valence-corrected chi connectivity index (χ4v) is 5.81. The van der Waals surface area contributed by atoms with E-state index in [1.807, 2.05) is 0 Å². The maximum absolute atomic E-state index is 13.2. The van der Waals surface area contributed by atoms with Crippen LogP contribution in [0.1, 0.15) is 0 Å². The van der Waals surface area contributed by atoms with E-state index in [-0.39, 0.29) is 11.6 Å². The number of rotatable bonds is 4. The van der Waals surface area contributed by atoms with Gasteiger partial charge in [0.2, 0.25) is 0 Å². The lowest BCUT2D eigenvalue weighted by atomic mass is 10.2. The van der Waals surface area contributed by atoms with Gasteiger partial charge in [-0.1, -0.05) is 34.4 Å². The summed E-state index contributed by atoms with van der Waals surface area (Å²) in [5, 5.41) is 0.829. The molecule has 9 heteroatoms. The molecule has 2 heterocycles. The Kier molecular flexibility index (Phi) is 4.81. The molecule has 0 fully saturated rings. The topological polar surface area (TPSA) is 77.8 Å². The maximum Gasteiger partial charge on any atom is 0.181 e. The standard InChI is InChI=1S/C18H12F2N4S3/c19-11-5-1-9(2-6-11)13-15(26-17(21)23-13)25-16-14(24-18(22)27-16)10-3-7-12(20)8-4-10/h1-8H,(H2,21,23)(H2,22,24). The molecule has 0 amide bonds. The van der Waals surface area contributed by atoms with Crippen LogP contribution in [0.15, 0.2) is 56.9 Å². The monoisotopic (exact) mass is 418 g/mol. The summed E-state index contributed by atoms with van der Waals surface area (Å²) in [5.74, 6) is -0.630. The molecule has 4 N–H and O–H groups in total. The minimum atomic E-state index is -0.315. The number of hydrogen-bond acceptors (Lipinski definition) is 7. The van der Waals surface area contributed by atoms with Crippen LogP contribution in [0.3, 0.4) is 0 Å². The Labute approximate surface area is 165 Å². The number of nitrogens with two attached hydrogens (primary N) is 2. The number of nitrogens with zero attached hydrogens (tertiary/aromatic N) is 2. The molecule has 4 nitrogen and oxygen atoms in total. The lowest BCUT2D eigenvalue weighted by Gasteiger charge is -2.03. The lowest BCUT2D eigenvalue weighted by molar-refractivity contribution is 0.627. The molecule has 27 heavy (non-hydrogen) atoms. The highest BCUT2D eigenvalue weighted by atomic mass is 32.2.